The molecule has 1 nitrogen and oxygen atoms in total. The van der Waals surface area contributed by atoms with Gasteiger partial charge in [0.2, 0.25) is 0 Å². The largest absolute Gasteiger partial charge is 0.316 e. The molecule has 1 heterocycles. The molecule has 1 N–H and O–H groups in total. The van der Waals surface area contributed by atoms with E-state index in [4.69, 9.17) is 11.6 Å². The smallest absolute Gasteiger partial charge is 0.0931 e. The molecule has 0 saturated heterocycles. The van der Waals surface area contributed by atoms with E-state index in [1.54, 1.807) is 11.3 Å². The van der Waals surface area contributed by atoms with Crippen LogP contribution in [-0.4, -0.2) is 13.1 Å². The molecule has 21 heavy (non-hydrogen) atoms. The number of nitrogens with one attached hydrogen (secondary N) is 1. The lowest BCUT2D eigenvalue weighted by atomic mass is 9.95. The predicted molar refractivity (Wildman–Crippen MR) is 97.5 cm³/mol. The zero-order valence-electron chi connectivity index (χ0n) is 12.2. The number of halogens is 2. The minimum atomic E-state index is 0.588. The van der Waals surface area contributed by atoms with Crippen molar-refractivity contribution in [1.82, 2.24) is 5.32 Å². The topological polar surface area (TPSA) is 12.0 Å². The highest BCUT2D eigenvalue weighted by Gasteiger charge is 2.13. The molecule has 2 rings (SSSR count). The van der Waals surface area contributed by atoms with Gasteiger partial charge in [-0.3, -0.25) is 0 Å². The fourth-order valence-corrected chi connectivity index (χ4v) is 4.07. The van der Waals surface area contributed by atoms with Crippen molar-refractivity contribution >= 4 is 38.9 Å². The van der Waals surface area contributed by atoms with E-state index in [0.29, 0.717) is 5.92 Å². The van der Waals surface area contributed by atoms with Gasteiger partial charge in [-0.15, -0.1) is 11.3 Å². The maximum absolute atomic E-state index is 6.05. The summed E-state index contributed by atoms with van der Waals surface area (Å²) in [5, 5.41) is 3.56. The Morgan fingerprint density at radius 1 is 1.19 bits per heavy atom. The Hall–Kier alpha value is -0.350. The first-order chi connectivity index (χ1) is 10.2. The van der Waals surface area contributed by atoms with Crippen LogP contribution in [0, 0.1) is 5.92 Å². The molecule has 0 aliphatic carbocycles. The van der Waals surface area contributed by atoms with E-state index in [2.05, 4.69) is 58.5 Å². The Kier molecular flexibility index (Phi) is 7.24. The Morgan fingerprint density at radius 2 is 2.00 bits per heavy atom. The van der Waals surface area contributed by atoms with E-state index >= 15 is 0 Å². The first-order valence-corrected chi connectivity index (χ1v) is 9.36. The van der Waals surface area contributed by atoms with Crippen LogP contribution in [0.15, 0.2) is 40.9 Å². The van der Waals surface area contributed by atoms with Gasteiger partial charge in [0.05, 0.1) is 4.34 Å². The summed E-state index contributed by atoms with van der Waals surface area (Å²) >= 11 is 11.4. The highest BCUT2D eigenvalue weighted by molar-refractivity contribution is 9.10. The Balaban J connectivity index is 2.02. The van der Waals surface area contributed by atoms with E-state index in [9.17, 15) is 0 Å². The predicted octanol–water partition coefficient (Wildman–Crippen LogP) is 5.57. The first kappa shape index (κ1) is 17.0. The minimum Gasteiger partial charge on any atom is -0.316 e. The lowest BCUT2D eigenvalue weighted by Gasteiger charge is -2.18. The maximum atomic E-state index is 6.05. The van der Waals surface area contributed by atoms with Crippen LogP contribution in [0.1, 0.15) is 23.8 Å². The quantitative estimate of drug-likeness (QED) is 0.585. The van der Waals surface area contributed by atoms with Crippen LogP contribution in [0.25, 0.3) is 0 Å². The summed E-state index contributed by atoms with van der Waals surface area (Å²) < 4.78 is 2.08. The molecule has 114 valence electrons. The van der Waals surface area contributed by atoms with Gasteiger partial charge in [-0.1, -0.05) is 52.7 Å². The van der Waals surface area contributed by atoms with Crippen LogP contribution >= 0.6 is 38.9 Å². The van der Waals surface area contributed by atoms with E-state index in [1.807, 2.05) is 6.07 Å². The zero-order chi connectivity index (χ0) is 15.1. The van der Waals surface area contributed by atoms with Crippen molar-refractivity contribution in [1.29, 1.82) is 0 Å². The first-order valence-electron chi connectivity index (χ1n) is 7.37. The minimum absolute atomic E-state index is 0.588. The maximum Gasteiger partial charge on any atom is 0.0931 e. The summed E-state index contributed by atoms with van der Waals surface area (Å²) in [6.07, 6.45) is 3.33. The van der Waals surface area contributed by atoms with Crippen molar-refractivity contribution in [3.05, 3.63) is 55.6 Å². The molecular weight excluding hydrogens is 366 g/mol. The normalized spacial score (nSPS) is 12.5. The lowest BCUT2D eigenvalue weighted by molar-refractivity contribution is 0.473. The van der Waals surface area contributed by atoms with Crippen molar-refractivity contribution in [3.63, 3.8) is 0 Å². The summed E-state index contributed by atoms with van der Waals surface area (Å²) in [6.45, 7) is 4.33. The van der Waals surface area contributed by atoms with Crippen molar-refractivity contribution in [2.45, 2.75) is 26.2 Å². The molecular formula is C17H21BrClNS. The second-order valence-corrected chi connectivity index (χ2v) is 7.93. The Morgan fingerprint density at radius 3 is 2.67 bits per heavy atom. The SMILES string of the molecule is CCCNCC(Cc1ccc(Cl)s1)Cc1ccccc1Br. The van der Waals surface area contributed by atoms with Crippen LogP contribution in [0.2, 0.25) is 4.34 Å². The van der Waals surface area contributed by atoms with Crippen LogP contribution in [0.4, 0.5) is 0 Å². The van der Waals surface area contributed by atoms with Crippen LogP contribution in [-0.2, 0) is 12.8 Å². The third-order valence-corrected chi connectivity index (χ3v) is 5.47. The van der Waals surface area contributed by atoms with Crippen molar-refractivity contribution in [2.75, 3.05) is 13.1 Å². The van der Waals surface area contributed by atoms with E-state index in [1.165, 1.54) is 21.3 Å². The molecule has 0 aliphatic rings. The molecule has 0 bridgehead atoms. The molecule has 0 amide bonds. The Labute approximate surface area is 144 Å². The van der Waals surface area contributed by atoms with Gasteiger partial charge in [0.1, 0.15) is 0 Å². The second kappa shape index (κ2) is 8.94. The summed E-state index contributed by atoms with van der Waals surface area (Å²) in [4.78, 5) is 1.37. The van der Waals surface area contributed by atoms with Gasteiger partial charge in [-0.2, -0.15) is 0 Å². The molecule has 0 fully saturated rings. The van der Waals surface area contributed by atoms with E-state index in [0.717, 1.165) is 30.3 Å². The highest BCUT2D eigenvalue weighted by Crippen LogP contribution is 2.26. The molecule has 0 saturated carbocycles. The third kappa shape index (κ3) is 5.74. The molecule has 0 spiro atoms. The fourth-order valence-electron chi connectivity index (χ4n) is 2.42. The highest BCUT2D eigenvalue weighted by atomic mass is 79.9. The zero-order valence-corrected chi connectivity index (χ0v) is 15.4. The van der Waals surface area contributed by atoms with Crippen molar-refractivity contribution in [3.8, 4) is 0 Å². The summed E-state index contributed by atoms with van der Waals surface area (Å²) in [6, 6.07) is 12.7. The van der Waals surface area contributed by atoms with Gasteiger partial charge >= 0.3 is 0 Å². The summed E-state index contributed by atoms with van der Waals surface area (Å²) in [7, 11) is 0. The number of thiophene rings is 1. The van der Waals surface area contributed by atoms with Gasteiger partial charge in [0.15, 0.2) is 0 Å². The number of hydrogen-bond donors (Lipinski definition) is 1. The molecule has 1 atom stereocenters. The standard InChI is InChI=1S/C17H21BrClNS/c1-2-9-20-12-13(11-15-7-8-17(19)21-15)10-14-5-3-4-6-16(14)18/h3-8,13,20H,2,9-12H2,1H3. The summed E-state index contributed by atoms with van der Waals surface area (Å²) in [5.41, 5.74) is 1.38. The van der Waals surface area contributed by atoms with Crippen LogP contribution in [0.3, 0.4) is 0 Å². The number of benzene rings is 1. The average Bonchev–Trinajstić information content (AvgIpc) is 2.87. The van der Waals surface area contributed by atoms with Gasteiger partial charge in [0, 0.05) is 9.35 Å². The fraction of sp³-hybridized carbons (Fsp3) is 0.412. The van der Waals surface area contributed by atoms with Gasteiger partial charge < -0.3 is 5.32 Å². The van der Waals surface area contributed by atoms with E-state index < -0.39 is 0 Å². The molecule has 1 unspecified atom stereocenters. The number of rotatable bonds is 8. The number of hydrogen-bond acceptors (Lipinski definition) is 2. The molecule has 4 heteroatoms. The molecule has 1 aromatic carbocycles. The molecule has 2 aromatic rings. The molecule has 0 aliphatic heterocycles. The molecule has 0 radical (unpaired) electrons. The van der Waals surface area contributed by atoms with Gasteiger partial charge in [-0.25, -0.2) is 0 Å². The van der Waals surface area contributed by atoms with Gasteiger partial charge in [0.25, 0.3) is 0 Å². The van der Waals surface area contributed by atoms with Crippen LogP contribution < -0.4 is 5.32 Å². The monoisotopic (exact) mass is 385 g/mol. The van der Waals surface area contributed by atoms with E-state index in [-0.39, 0.29) is 0 Å². The van der Waals surface area contributed by atoms with Crippen molar-refractivity contribution in [2.24, 2.45) is 5.92 Å². The Bertz CT molecular complexity index is 555. The van der Waals surface area contributed by atoms with Gasteiger partial charge in [-0.05, 0) is 62.0 Å². The summed E-state index contributed by atoms with van der Waals surface area (Å²) in [5.74, 6) is 0.588. The van der Waals surface area contributed by atoms with Crippen molar-refractivity contribution < 1.29 is 0 Å². The average molecular weight is 387 g/mol. The second-order valence-electron chi connectivity index (χ2n) is 5.28. The molecule has 1 aromatic heterocycles. The van der Waals surface area contributed by atoms with Crippen LogP contribution in [0.5, 0.6) is 0 Å². The lowest BCUT2D eigenvalue weighted by Crippen LogP contribution is -2.26. The third-order valence-electron chi connectivity index (χ3n) is 3.44.